The summed E-state index contributed by atoms with van der Waals surface area (Å²) < 4.78 is 4.83. The Kier molecular flexibility index (Phi) is 8.27. The Morgan fingerprint density at radius 2 is 1.50 bits per heavy atom. The fourth-order valence-corrected chi connectivity index (χ4v) is 0.204. The number of rotatable bonds is 2. The zero-order chi connectivity index (χ0) is 10.2. The van der Waals surface area contributed by atoms with Crippen LogP contribution in [0.2, 0.25) is 0 Å². The van der Waals surface area contributed by atoms with Crippen LogP contribution in [0.5, 0.6) is 0 Å². The number of hydrogen-bond acceptors (Lipinski definition) is 2. The molecule has 0 aromatic rings. The quantitative estimate of drug-likeness (QED) is 0.701. The molecule has 0 aromatic carbocycles. The number of carboxylic acid groups (broad SMARTS) is 1. The first kappa shape index (κ1) is 14.0. The molecule has 3 nitrogen and oxygen atoms in total. The van der Waals surface area contributed by atoms with E-state index in [1.807, 2.05) is 13.8 Å². The molecule has 0 heterocycles. The normalized spacial score (nSPS) is 10.1. The maximum absolute atomic E-state index is 10.0. The van der Waals surface area contributed by atoms with Crippen molar-refractivity contribution in [2.24, 2.45) is 5.41 Å². The predicted octanol–water partition coefficient (Wildman–Crippen LogP) is 2.16. The van der Waals surface area contributed by atoms with Crippen LogP contribution in [0.1, 0.15) is 34.6 Å². The Bertz CT molecular complexity index is 111. The van der Waals surface area contributed by atoms with Crippen molar-refractivity contribution in [1.29, 1.82) is 0 Å². The van der Waals surface area contributed by atoms with Gasteiger partial charge in [0, 0.05) is 13.2 Å². The van der Waals surface area contributed by atoms with Crippen molar-refractivity contribution in [3.05, 3.63) is 0 Å². The molecule has 0 fully saturated rings. The molecule has 0 atom stereocenters. The molecule has 0 aromatic heterocycles. The van der Waals surface area contributed by atoms with Gasteiger partial charge in [-0.1, -0.05) is 0 Å². The van der Waals surface area contributed by atoms with E-state index in [-0.39, 0.29) is 0 Å². The van der Waals surface area contributed by atoms with E-state index < -0.39 is 11.4 Å². The van der Waals surface area contributed by atoms with Gasteiger partial charge in [0.25, 0.3) is 0 Å². The van der Waals surface area contributed by atoms with E-state index in [9.17, 15) is 4.79 Å². The summed E-state index contributed by atoms with van der Waals surface area (Å²) in [7, 11) is 0. The predicted molar refractivity (Wildman–Crippen MR) is 49.3 cm³/mol. The summed E-state index contributed by atoms with van der Waals surface area (Å²) in [6.45, 7) is 10.7. The molecule has 0 aliphatic carbocycles. The van der Waals surface area contributed by atoms with E-state index in [1.165, 1.54) is 0 Å². The van der Waals surface area contributed by atoms with Gasteiger partial charge in [-0.05, 0) is 34.6 Å². The van der Waals surface area contributed by atoms with Crippen LogP contribution in [0, 0.1) is 5.41 Å². The standard InChI is InChI=1S/C5H10O2.C4H10O/c1-5(2,3)4(6)7;1-3-5-4-2/h1-3H3,(H,6,7);3-4H2,1-2H3. The Labute approximate surface area is 74.7 Å². The molecule has 0 aliphatic heterocycles. The smallest absolute Gasteiger partial charge is 0.308 e. The summed E-state index contributed by atoms with van der Waals surface area (Å²) in [5.74, 6) is -0.757. The third-order valence-corrected chi connectivity index (χ3v) is 1.05. The van der Waals surface area contributed by atoms with Gasteiger partial charge in [0.05, 0.1) is 5.41 Å². The van der Waals surface area contributed by atoms with Crippen LogP contribution in [0.3, 0.4) is 0 Å². The molecule has 0 bridgehead atoms. The maximum Gasteiger partial charge on any atom is 0.308 e. The van der Waals surface area contributed by atoms with Gasteiger partial charge in [0.1, 0.15) is 0 Å². The fourth-order valence-electron chi connectivity index (χ4n) is 0.204. The lowest BCUT2D eigenvalue weighted by Crippen LogP contribution is -2.18. The largest absolute Gasteiger partial charge is 0.481 e. The number of carbonyl (C=O) groups is 1. The third kappa shape index (κ3) is 12.1. The van der Waals surface area contributed by atoms with Crippen LogP contribution in [0.25, 0.3) is 0 Å². The molecule has 12 heavy (non-hydrogen) atoms. The fraction of sp³-hybridized carbons (Fsp3) is 0.889. The van der Waals surface area contributed by atoms with Gasteiger partial charge < -0.3 is 9.84 Å². The second kappa shape index (κ2) is 7.10. The Hall–Kier alpha value is -0.570. The van der Waals surface area contributed by atoms with Crippen molar-refractivity contribution in [3.63, 3.8) is 0 Å². The van der Waals surface area contributed by atoms with Gasteiger partial charge in [0.2, 0.25) is 0 Å². The lowest BCUT2D eigenvalue weighted by atomic mass is 9.98. The summed E-state index contributed by atoms with van der Waals surface area (Å²) in [5, 5.41) is 8.25. The number of hydrogen-bond donors (Lipinski definition) is 1. The average molecular weight is 176 g/mol. The molecular formula is C9H20O3. The molecule has 3 heteroatoms. The average Bonchev–Trinajstić information content (AvgIpc) is 1.88. The van der Waals surface area contributed by atoms with Gasteiger partial charge >= 0.3 is 5.97 Å². The Balaban J connectivity index is 0. The first-order chi connectivity index (χ1) is 5.36. The number of carboxylic acids is 1. The highest BCUT2D eigenvalue weighted by atomic mass is 16.5. The lowest BCUT2D eigenvalue weighted by molar-refractivity contribution is -0.145. The van der Waals surface area contributed by atoms with Crippen LogP contribution >= 0.6 is 0 Å². The summed E-state index contributed by atoms with van der Waals surface area (Å²) in [4.78, 5) is 10.0. The molecule has 74 valence electrons. The molecule has 0 amide bonds. The van der Waals surface area contributed by atoms with E-state index in [1.54, 1.807) is 20.8 Å². The zero-order valence-corrected chi connectivity index (χ0v) is 8.68. The molecule has 0 unspecified atom stereocenters. The van der Waals surface area contributed by atoms with Crippen molar-refractivity contribution in [2.45, 2.75) is 34.6 Å². The topological polar surface area (TPSA) is 46.5 Å². The second-order valence-corrected chi connectivity index (χ2v) is 3.34. The Morgan fingerprint density at radius 1 is 1.25 bits per heavy atom. The second-order valence-electron chi connectivity index (χ2n) is 3.34. The van der Waals surface area contributed by atoms with Gasteiger partial charge in [-0.15, -0.1) is 0 Å². The van der Waals surface area contributed by atoms with Crippen molar-refractivity contribution in [1.82, 2.24) is 0 Å². The molecule has 0 saturated carbocycles. The lowest BCUT2D eigenvalue weighted by Gasteiger charge is -2.08. The first-order valence-electron chi connectivity index (χ1n) is 4.17. The first-order valence-corrected chi connectivity index (χ1v) is 4.17. The zero-order valence-electron chi connectivity index (χ0n) is 8.68. The van der Waals surface area contributed by atoms with Crippen molar-refractivity contribution < 1.29 is 14.6 Å². The minimum Gasteiger partial charge on any atom is -0.481 e. The van der Waals surface area contributed by atoms with Gasteiger partial charge in [-0.2, -0.15) is 0 Å². The molecular weight excluding hydrogens is 156 g/mol. The van der Waals surface area contributed by atoms with Crippen LogP contribution in [-0.4, -0.2) is 24.3 Å². The number of ether oxygens (including phenoxy) is 1. The molecule has 0 aliphatic rings. The highest BCUT2D eigenvalue weighted by Gasteiger charge is 2.18. The van der Waals surface area contributed by atoms with Crippen LogP contribution in [0.15, 0.2) is 0 Å². The molecule has 0 spiro atoms. The summed E-state index contributed by atoms with van der Waals surface area (Å²) in [6, 6.07) is 0. The minimum absolute atomic E-state index is 0.583. The van der Waals surface area contributed by atoms with Gasteiger partial charge in [-0.25, -0.2) is 0 Å². The van der Waals surface area contributed by atoms with Crippen molar-refractivity contribution in [3.8, 4) is 0 Å². The van der Waals surface area contributed by atoms with E-state index in [0.29, 0.717) is 0 Å². The van der Waals surface area contributed by atoms with Crippen molar-refractivity contribution in [2.75, 3.05) is 13.2 Å². The van der Waals surface area contributed by atoms with Crippen LogP contribution < -0.4 is 0 Å². The minimum atomic E-state index is -0.757. The highest BCUT2D eigenvalue weighted by molar-refractivity contribution is 5.72. The van der Waals surface area contributed by atoms with Crippen molar-refractivity contribution >= 4 is 5.97 Å². The van der Waals surface area contributed by atoms with Crippen LogP contribution in [-0.2, 0) is 9.53 Å². The maximum atomic E-state index is 10.0. The summed E-state index contributed by atoms with van der Waals surface area (Å²) >= 11 is 0. The van der Waals surface area contributed by atoms with E-state index >= 15 is 0 Å². The Morgan fingerprint density at radius 3 is 1.50 bits per heavy atom. The van der Waals surface area contributed by atoms with E-state index in [4.69, 9.17) is 9.84 Å². The molecule has 0 saturated heterocycles. The number of aliphatic carboxylic acids is 1. The third-order valence-electron chi connectivity index (χ3n) is 1.05. The molecule has 0 radical (unpaired) electrons. The van der Waals surface area contributed by atoms with E-state index in [2.05, 4.69) is 0 Å². The van der Waals surface area contributed by atoms with Gasteiger partial charge in [-0.3, -0.25) is 4.79 Å². The van der Waals surface area contributed by atoms with E-state index in [0.717, 1.165) is 13.2 Å². The SMILES string of the molecule is CC(C)(C)C(=O)O.CCOCC. The highest BCUT2D eigenvalue weighted by Crippen LogP contribution is 2.11. The molecule has 1 N–H and O–H groups in total. The summed E-state index contributed by atoms with van der Waals surface area (Å²) in [5.41, 5.74) is -0.583. The monoisotopic (exact) mass is 176 g/mol. The van der Waals surface area contributed by atoms with Crippen LogP contribution in [0.4, 0.5) is 0 Å². The van der Waals surface area contributed by atoms with Gasteiger partial charge in [0.15, 0.2) is 0 Å². The molecule has 0 rings (SSSR count). The summed E-state index contributed by atoms with van der Waals surface area (Å²) in [6.07, 6.45) is 0.